The van der Waals surface area contributed by atoms with Crippen molar-refractivity contribution in [1.29, 1.82) is 0 Å². The van der Waals surface area contributed by atoms with Crippen molar-refractivity contribution in [3.8, 4) is 0 Å². The van der Waals surface area contributed by atoms with Gasteiger partial charge in [-0.2, -0.15) is 0 Å². The molecule has 3 heterocycles. The molecule has 1 N–H and O–H groups in total. The summed E-state index contributed by atoms with van der Waals surface area (Å²) in [4.78, 5) is 38.9. The number of rotatable bonds is 6. The lowest BCUT2D eigenvalue weighted by Gasteiger charge is -2.51. The van der Waals surface area contributed by atoms with Gasteiger partial charge in [-0.1, -0.05) is 55.4 Å². The minimum Gasteiger partial charge on any atom is -0.414 e. The zero-order valence-electron chi connectivity index (χ0n) is 21.2. The molecule has 0 saturated carbocycles. The summed E-state index contributed by atoms with van der Waals surface area (Å²) in [6, 6.07) is 1.15. The van der Waals surface area contributed by atoms with Gasteiger partial charge in [0.1, 0.15) is 11.5 Å². The van der Waals surface area contributed by atoms with Crippen LogP contribution in [0.5, 0.6) is 0 Å². The number of hydrogen-bond acceptors (Lipinski definition) is 7. The van der Waals surface area contributed by atoms with E-state index in [1.54, 1.807) is 0 Å². The Labute approximate surface area is 207 Å². The fourth-order valence-electron chi connectivity index (χ4n) is 5.23. The number of carbonyl (C=O) groups excluding carboxylic acids is 1. The first-order valence-corrected chi connectivity index (χ1v) is 16.3. The third-order valence-electron chi connectivity index (χ3n) is 7.09. The molecule has 192 valence electrons. The molecule has 0 aromatic carbocycles. The smallest absolute Gasteiger partial charge is 0.335 e. The molecule has 0 bridgehead atoms. The molecule has 0 radical (unpaired) electrons. The molecule has 12 heteroatoms. The van der Waals surface area contributed by atoms with E-state index in [9.17, 15) is 14.4 Å². The summed E-state index contributed by atoms with van der Waals surface area (Å²) >= 11 is 6.90. The van der Waals surface area contributed by atoms with Gasteiger partial charge in [0, 0.05) is 12.3 Å². The molecule has 2 aliphatic heterocycles. The summed E-state index contributed by atoms with van der Waals surface area (Å²) in [6.07, 6.45) is 0.263. The van der Waals surface area contributed by atoms with Crippen molar-refractivity contribution in [2.45, 2.75) is 101 Å². The van der Waals surface area contributed by atoms with Crippen molar-refractivity contribution in [2.24, 2.45) is 0 Å². The van der Waals surface area contributed by atoms with Gasteiger partial charge in [0.15, 0.2) is 6.29 Å². The Bertz CT molecular complexity index is 995. The molecule has 0 aliphatic carbocycles. The molecular weight excluding hydrogens is 496 g/mol. The van der Waals surface area contributed by atoms with Crippen LogP contribution in [0.3, 0.4) is 0 Å². The van der Waals surface area contributed by atoms with Crippen LogP contribution >= 0.6 is 11.6 Å². The van der Waals surface area contributed by atoms with Crippen molar-refractivity contribution in [2.75, 3.05) is 6.61 Å². The molecule has 2 aliphatic rings. The Balaban J connectivity index is 2.18. The highest BCUT2D eigenvalue weighted by Crippen LogP contribution is 2.49. The third kappa shape index (κ3) is 4.23. The highest BCUT2D eigenvalue weighted by atomic mass is 35.5. The van der Waals surface area contributed by atoms with Gasteiger partial charge in [-0.25, -0.2) is 4.79 Å². The van der Waals surface area contributed by atoms with Gasteiger partial charge in [0.2, 0.25) is 5.72 Å². The van der Waals surface area contributed by atoms with E-state index in [-0.39, 0.29) is 28.8 Å². The predicted molar refractivity (Wildman–Crippen MR) is 134 cm³/mol. The van der Waals surface area contributed by atoms with E-state index in [1.807, 2.05) is 0 Å². The van der Waals surface area contributed by atoms with Crippen molar-refractivity contribution in [1.82, 2.24) is 9.55 Å². The van der Waals surface area contributed by atoms with Crippen LogP contribution in [-0.2, 0) is 28.2 Å². The molecule has 4 atom stereocenters. The van der Waals surface area contributed by atoms with Gasteiger partial charge in [-0.15, -0.1) is 11.6 Å². The van der Waals surface area contributed by atoms with Crippen LogP contribution < -0.4 is 11.2 Å². The molecule has 34 heavy (non-hydrogen) atoms. The van der Waals surface area contributed by atoms with Crippen molar-refractivity contribution in [3.05, 3.63) is 33.1 Å². The minimum atomic E-state index is -3.00. The topological polar surface area (TPSA) is 109 Å². The SMILES string of the molecule is CC(C)[Si]1(C(C)C)OC[C@H]2O[C@@](C=O)(n3ccc(=O)[nH]c3=O)C(Cl)C2O[Si](C(C)C)(C(C)C)O1. The first-order chi connectivity index (χ1) is 15.8. The monoisotopic (exact) mass is 532 g/mol. The van der Waals surface area contributed by atoms with Crippen LogP contribution in [0, 0.1) is 0 Å². The lowest BCUT2D eigenvalue weighted by molar-refractivity contribution is -0.148. The van der Waals surface area contributed by atoms with E-state index in [2.05, 4.69) is 60.4 Å². The zero-order chi connectivity index (χ0) is 25.6. The summed E-state index contributed by atoms with van der Waals surface area (Å²) in [6.45, 7) is 16.9. The van der Waals surface area contributed by atoms with Crippen LogP contribution in [-0.4, -0.2) is 57.2 Å². The number of halogens is 1. The van der Waals surface area contributed by atoms with Crippen LogP contribution in [0.15, 0.2) is 21.9 Å². The average Bonchev–Trinajstić information content (AvgIpc) is 2.98. The van der Waals surface area contributed by atoms with Gasteiger partial charge in [0.25, 0.3) is 5.56 Å². The Hall–Kier alpha value is -1.09. The first-order valence-electron chi connectivity index (χ1n) is 11.9. The molecule has 0 amide bonds. The van der Waals surface area contributed by atoms with Crippen molar-refractivity contribution >= 4 is 35.0 Å². The number of H-pyrrole nitrogens is 1. The number of nitrogens with zero attached hydrogens (tertiary/aromatic N) is 1. The van der Waals surface area contributed by atoms with Gasteiger partial charge in [-0.05, 0) is 22.2 Å². The first kappa shape index (κ1) is 27.5. The second-order valence-electron chi connectivity index (χ2n) is 10.5. The molecule has 0 spiro atoms. The second kappa shape index (κ2) is 9.76. The Morgan fingerprint density at radius 3 is 2.09 bits per heavy atom. The van der Waals surface area contributed by atoms with Gasteiger partial charge >= 0.3 is 22.8 Å². The molecule has 3 rings (SSSR count). The lowest BCUT2D eigenvalue weighted by Crippen LogP contribution is -2.65. The van der Waals surface area contributed by atoms with E-state index in [4.69, 9.17) is 29.3 Å². The number of carbonyl (C=O) groups is 1. The highest BCUT2D eigenvalue weighted by molar-refractivity contribution is 6.84. The van der Waals surface area contributed by atoms with E-state index in [0.717, 1.165) is 10.6 Å². The Morgan fingerprint density at radius 2 is 1.62 bits per heavy atom. The number of fused-ring (bicyclic) bond motifs is 1. The van der Waals surface area contributed by atoms with Crippen molar-refractivity contribution in [3.63, 3.8) is 0 Å². The summed E-state index contributed by atoms with van der Waals surface area (Å²) in [5, 5.41) is -1.05. The van der Waals surface area contributed by atoms with Gasteiger partial charge in [-0.3, -0.25) is 19.1 Å². The maximum atomic E-state index is 12.6. The van der Waals surface area contributed by atoms with Gasteiger partial charge in [0.05, 0.1) is 12.7 Å². The fourth-order valence-corrected chi connectivity index (χ4v) is 17.0. The molecule has 2 unspecified atom stereocenters. The minimum absolute atomic E-state index is 0.0603. The molecule has 1 aromatic rings. The average molecular weight is 533 g/mol. The molecule has 2 fully saturated rings. The predicted octanol–water partition coefficient (Wildman–Crippen LogP) is 3.35. The van der Waals surface area contributed by atoms with E-state index >= 15 is 0 Å². The highest BCUT2D eigenvalue weighted by Gasteiger charge is 2.65. The van der Waals surface area contributed by atoms with E-state index in [0.29, 0.717) is 6.29 Å². The van der Waals surface area contributed by atoms with Crippen molar-refractivity contribution < 1.29 is 22.5 Å². The maximum Gasteiger partial charge on any atom is 0.335 e. The standard InChI is InChI=1S/C22H37ClN2O7Si2/c1-13(2)33(14(3)4)29-11-17-19(31-34(32-33,15(5)6)16(7)8)20(23)22(12-26,30-17)25-10-9-18(27)24-21(25)28/h9-10,12-17,19-20H,11H2,1-8H3,(H,24,27,28)/t17-,19?,20?,22-/m1/s1. The van der Waals surface area contributed by atoms with Crippen LogP contribution in [0.25, 0.3) is 0 Å². The van der Waals surface area contributed by atoms with Crippen LogP contribution in [0.1, 0.15) is 55.4 Å². The zero-order valence-corrected chi connectivity index (χ0v) is 23.9. The van der Waals surface area contributed by atoms with E-state index < -0.39 is 51.7 Å². The number of hydrogen-bond donors (Lipinski definition) is 1. The number of nitrogens with one attached hydrogen (secondary N) is 1. The summed E-state index contributed by atoms with van der Waals surface area (Å²) in [7, 11) is -5.80. The molecular formula is C22H37ClN2O7Si2. The largest absolute Gasteiger partial charge is 0.414 e. The van der Waals surface area contributed by atoms with Gasteiger partial charge < -0.3 is 17.7 Å². The lowest BCUT2D eigenvalue weighted by atomic mass is 10.1. The van der Waals surface area contributed by atoms with Crippen LogP contribution in [0.2, 0.25) is 22.2 Å². The van der Waals surface area contributed by atoms with Crippen LogP contribution in [0.4, 0.5) is 0 Å². The third-order valence-corrected chi connectivity index (χ3v) is 17.9. The Morgan fingerprint density at radius 1 is 1.06 bits per heavy atom. The normalized spacial score (nSPS) is 31.0. The number of aromatic amines is 1. The summed E-state index contributed by atoms with van der Waals surface area (Å²) < 4.78 is 28.0. The molecule has 1 aromatic heterocycles. The maximum absolute atomic E-state index is 12.6. The number of ether oxygens (including phenoxy) is 1. The number of aromatic nitrogens is 2. The summed E-state index contributed by atoms with van der Waals surface area (Å²) in [5.74, 6) is 0. The second-order valence-corrected chi connectivity index (χ2v) is 19.8. The fraction of sp³-hybridized carbons (Fsp3) is 0.773. The van der Waals surface area contributed by atoms with E-state index in [1.165, 1.54) is 6.20 Å². The molecule has 2 saturated heterocycles. The quantitative estimate of drug-likeness (QED) is 0.340. The molecule has 9 nitrogen and oxygen atoms in total. The summed E-state index contributed by atoms with van der Waals surface area (Å²) in [5.41, 5.74) is -2.83. The Kier molecular flexibility index (Phi) is 7.89. The number of alkyl halides is 1. The number of aldehydes is 1.